The molecule has 2 N–H and O–H groups in total. The fraction of sp³-hybridized carbons (Fsp3) is 0.846. The first-order valence-electron chi connectivity index (χ1n) is 7.05. The van der Waals surface area contributed by atoms with Crippen molar-refractivity contribution in [3.8, 4) is 0 Å². The van der Waals surface area contributed by atoms with Crippen molar-refractivity contribution in [2.75, 3.05) is 39.3 Å². The summed E-state index contributed by atoms with van der Waals surface area (Å²) >= 11 is 0. The van der Waals surface area contributed by atoms with Crippen LogP contribution in [0.4, 0.5) is 0 Å². The van der Waals surface area contributed by atoms with Gasteiger partial charge in [-0.2, -0.15) is 0 Å². The number of primary amides is 1. The highest BCUT2D eigenvalue weighted by Crippen LogP contribution is 2.15. The third-order valence-corrected chi connectivity index (χ3v) is 3.50. The molecule has 1 rings (SSSR count). The Morgan fingerprint density at radius 2 is 2.16 bits per heavy atom. The van der Waals surface area contributed by atoms with Crippen molar-refractivity contribution in [3.63, 3.8) is 0 Å². The summed E-state index contributed by atoms with van der Waals surface area (Å²) in [5.74, 6) is -0.277. The van der Waals surface area contributed by atoms with Crippen LogP contribution >= 0.6 is 0 Å². The average molecular weight is 270 g/mol. The van der Waals surface area contributed by atoms with Gasteiger partial charge in [-0.15, -0.1) is 0 Å². The normalized spacial score (nSPS) is 22.3. The van der Waals surface area contributed by atoms with E-state index in [-0.39, 0.29) is 11.9 Å². The first-order valence-corrected chi connectivity index (χ1v) is 7.05. The van der Waals surface area contributed by atoms with E-state index in [0.717, 1.165) is 31.9 Å². The molecule has 0 unspecified atom stereocenters. The molecule has 0 aromatic carbocycles. The Hall–Kier alpha value is -1.14. The monoisotopic (exact) mass is 270 g/mol. The summed E-state index contributed by atoms with van der Waals surface area (Å²) in [6, 6.07) is -0.241. The van der Waals surface area contributed by atoms with E-state index in [4.69, 9.17) is 10.6 Å². The Morgan fingerprint density at radius 3 is 2.68 bits per heavy atom. The highest BCUT2D eigenvalue weighted by molar-refractivity contribution is 5.95. The van der Waals surface area contributed by atoms with Crippen molar-refractivity contribution in [2.24, 2.45) is 10.9 Å². The summed E-state index contributed by atoms with van der Waals surface area (Å²) < 4.78 is 0. The lowest BCUT2D eigenvalue weighted by molar-refractivity contribution is -0.122. The Labute approximate surface area is 115 Å². The van der Waals surface area contributed by atoms with Crippen molar-refractivity contribution < 1.29 is 9.63 Å². The first kappa shape index (κ1) is 15.9. The summed E-state index contributed by atoms with van der Waals surface area (Å²) in [6.07, 6.45) is 0.591. The first-order chi connectivity index (χ1) is 9.12. The molecule has 0 aromatic heterocycles. The number of nitrogens with zero attached hydrogens (tertiary/aromatic N) is 3. The largest absolute Gasteiger partial charge is 0.396 e. The highest BCUT2D eigenvalue weighted by Gasteiger charge is 2.33. The van der Waals surface area contributed by atoms with Crippen molar-refractivity contribution in [2.45, 2.75) is 33.2 Å². The Morgan fingerprint density at radius 1 is 1.47 bits per heavy atom. The quantitative estimate of drug-likeness (QED) is 0.643. The van der Waals surface area contributed by atoms with Gasteiger partial charge in [-0.25, -0.2) is 0 Å². The van der Waals surface area contributed by atoms with Gasteiger partial charge in [-0.1, -0.05) is 19.0 Å². The standard InChI is InChI=1S/C13H26N4O2/c1-4-16(5-2)7-8-17-10-11(15-19-6-3)9-12(17)13(14)18/h12H,4-10H2,1-3H3,(H2,14,18)/b15-11-/t12-/m0/s1. The summed E-state index contributed by atoms with van der Waals surface area (Å²) in [6.45, 7) is 11.2. The van der Waals surface area contributed by atoms with E-state index in [1.54, 1.807) is 0 Å². The van der Waals surface area contributed by atoms with Gasteiger partial charge in [-0.05, 0) is 20.0 Å². The fourth-order valence-electron chi connectivity index (χ4n) is 2.31. The summed E-state index contributed by atoms with van der Waals surface area (Å²) in [7, 11) is 0. The maximum absolute atomic E-state index is 11.5. The van der Waals surface area contributed by atoms with Crippen molar-refractivity contribution in [3.05, 3.63) is 0 Å². The molecule has 0 aliphatic carbocycles. The average Bonchev–Trinajstić information content (AvgIpc) is 2.81. The topological polar surface area (TPSA) is 71.2 Å². The molecule has 1 saturated heterocycles. The fourth-order valence-corrected chi connectivity index (χ4v) is 2.31. The number of amides is 1. The number of hydrogen-bond donors (Lipinski definition) is 1. The number of rotatable bonds is 8. The second kappa shape index (κ2) is 8.12. The van der Waals surface area contributed by atoms with Crippen LogP contribution in [-0.2, 0) is 9.63 Å². The molecule has 0 saturated carbocycles. The molecule has 0 aromatic rings. The molecule has 1 heterocycles. The van der Waals surface area contributed by atoms with Crippen LogP contribution in [-0.4, -0.2) is 66.8 Å². The van der Waals surface area contributed by atoms with E-state index < -0.39 is 0 Å². The Kier molecular flexibility index (Phi) is 6.80. The van der Waals surface area contributed by atoms with Gasteiger partial charge in [-0.3, -0.25) is 9.69 Å². The third kappa shape index (κ3) is 4.80. The van der Waals surface area contributed by atoms with E-state index in [1.165, 1.54) is 0 Å². The van der Waals surface area contributed by atoms with Crippen LogP contribution in [0.3, 0.4) is 0 Å². The molecular weight excluding hydrogens is 244 g/mol. The SMILES string of the molecule is CCO/N=C1/C[C@@H](C(N)=O)N(CCN(CC)CC)C1. The Balaban J connectivity index is 2.56. The molecule has 0 bridgehead atoms. The third-order valence-electron chi connectivity index (χ3n) is 3.50. The van der Waals surface area contributed by atoms with Crippen LogP contribution in [0.1, 0.15) is 27.2 Å². The minimum Gasteiger partial charge on any atom is -0.396 e. The molecule has 0 radical (unpaired) electrons. The number of hydrogen-bond acceptors (Lipinski definition) is 5. The molecule has 1 fully saturated rings. The van der Waals surface area contributed by atoms with Gasteiger partial charge >= 0.3 is 0 Å². The number of carbonyl (C=O) groups excluding carboxylic acids is 1. The molecule has 1 amide bonds. The van der Waals surface area contributed by atoms with Gasteiger partial charge in [0.1, 0.15) is 6.61 Å². The van der Waals surface area contributed by atoms with Gasteiger partial charge in [0.2, 0.25) is 5.91 Å². The molecule has 6 heteroatoms. The zero-order valence-electron chi connectivity index (χ0n) is 12.3. The minimum absolute atomic E-state index is 0.241. The second-order valence-corrected chi connectivity index (χ2v) is 4.69. The van der Waals surface area contributed by atoms with Crippen LogP contribution in [0, 0.1) is 0 Å². The summed E-state index contributed by atoms with van der Waals surface area (Å²) in [4.78, 5) is 21.0. The van der Waals surface area contributed by atoms with Crippen molar-refractivity contribution in [1.29, 1.82) is 0 Å². The van der Waals surface area contributed by atoms with Crippen LogP contribution in [0.15, 0.2) is 5.16 Å². The molecule has 6 nitrogen and oxygen atoms in total. The molecule has 19 heavy (non-hydrogen) atoms. The van der Waals surface area contributed by atoms with Crippen LogP contribution in [0.2, 0.25) is 0 Å². The summed E-state index contributed by atoms with van der Waals surface area (Å²) in [5.41, 5.74) is 6.37. The zero-order valence-corrected chi connectivity index (χ0v) is 12.3. The molecule has 1 atom stereocenters. The van der Waals surface area contributed by atoms with E-state index in [9.17, 15) is 4.79 Å². The number of oxime groups is 1. The number of carbonyl (C=O) groups is 1. The van der Waals surface area contributed by atoms with E-state index in [2.05, 4.69) is 28.8 Å². The maximum Gasteiger partial charge on any atom is 0.235 e. The molecular formula is C13H26N4O2. The molecule has 1 aliphatic rings. The van der Waals surface area contributed by atoms with Crippen molar-refractivity contribution >= 4 is 11.6 Å². The van der Waals surface area contributed by atoms with E-state index >= 15 is 0 Å². The summed E-state index contributed by atoms with van der Waals surface area (Å²) in [5, 5.41) is 4.05. The van der Waals surface area contributed by atoms with Gasteiger partial charge < -0.3 is 15.5 Å². The van der Waals surface area contributed by atoms with Gasteiger partial charge in [0, 0.05) is 26.1 Å². The van der Waals surface area contributed by atoms with E-state index in [0.29, 0.717) is 19.6 Å². The number of likely N-dealkylation sites (tertiary alicyclic amines) is 1. The van der Waals surface area contributed by atoms with Gasteiger partial charge in [0.15, 0.2) is 0 Å². The zero-order chi connectivity index (χ0) is 14.3. The lowest BCUT2D eigenvalue weighted by atomic mass is 10.2. The van der Waals surface area contributed by atoms with Crippen LogP contribution in [0.25, 0.3) is 0 Å². The second-order valence-electron chi connectivity index (χ2n) is 4.69. The highest BCUT2D eigenvalue weighted by atomic mass is 16.6. The lowest BCUT2D eigenvalue weighted by Crippen LogP contribution is -2.43. The molecule has 1 aliphatic heterocycles. The van der Waals surface area contributed by atoms with Crippen LogP contribution < -0.4 is 5.73 Å². The smallest absolute Gasteiger partial charge is 0.235 e. The predicted octanol–water partition coefficient (Wildman–Crippen LogP) is 0.280. The Bertz CT molecular complexity index is 316. The van der Waals surface area contributed by atoms with Crippen molar-refractivity contribution in [1.82, 2.24) is 9.80 Å². The predicted molar refractivity (Wildman–Crippen MR) is 76.0 cm³/mol. The lowest BCUT2D eigenvalue weighted by Gasteiger charge is -2.25. The number of nitrogens with two attached hydrogens (primary N) is 1. The molecule has 0 spiro atoms. The van der Waals surface area contributed by atoms with Crippen LogP contribution in [0.5, 0.6) is 0 Å². The maximum atomic E-state index is 11.5. The van der Waals surface area contributed by atoms with E-state index in [1.807, 2.05) is 6.92 Å². The molecule has 110 valence electrons. The van der Waals surface area contributed by atoms with Gasteiger partial charge in [0.05, 0.1) is 11.8 Å². The van der Waals surface area contributed by atoms with Gasteiger partial charge in [0.25, 0.3) is 0 Å². The minimum atomic E-state index is -0.277. The number of likely N-dealkylation sites (N-methyl/N-ethyl adjacent to an activating group) is 1.